The summed E-state index contributed by atoms with van der Waals surface area (Å²) in [5, 5.41) is 0. The van der Waals surface area contributed by atoms with Crippen molar-refractivity contribution in [2.75, 3.05) is 6.61 Å². The van der Waals surface area contributed by atoms with Gasteiger partial charge in [-0.1, -0.05) is 6.07 Å². The second-order valence-electron chi connectivity index (χ2n) is 6.09. The van der Waals surface area contributed by atoms with E-state index >= 15 is 0 Å². The Bertz CT molecular complexity index is 927. The van der Waals surface area contributed by atoms with E-state index < -0.39 is 21.8 Å². The zero-order chi connectivity index (χ0) is 17.6. The minimum atomic E-state index is -3.98. The molecule has 0 spiro atoms. The van der Waals surface area contributed by atoms with Crippen LogP contribution in [-0.2, 0) is 14.8 Å². The van der Waals surface area contributed by atoms with Crippen molar-refractivity contribution in [3.8, 4) is 5.75 Å². The van der Waals surface area contributed by atoms with Gasteiger partial charge < -0.3 is 9.15 Å². The Balaban J connectivity index is 1.87. The molecule has 1 N–H and O–H groups in total. The highest BCUT2D eigenvalue weighted by molar-refractivity contribution is 7.90. The third kappa shape index (κ3) is 2.80. The number of carbonyl (C=O) groups is 1. The first-order chi connectivity index (χ1) is 11.2. The number of rotatable bonds is 3. The minimum Gasteiger partial charge on any atom is -0.492 e. The van der Waals surface area contributed by atoms with Crippen LogP contribution in [0.4, 0.5) is 0 Å². The summed E-state index contributed by atoms with van der Waals surface area (Å²) < 4.78 is 37.8. The van der Waals surface area contributed by atoms with Crippen LogP contribution in [0.5, 0.6) is 5.75 Å². The van der Waals surface area contributed by atoms with E-state index in [-0.39, 0.29) is 17.3 Å². The van der Waals surface area contributed by atoms with Crippen molar-refractivity contribution < 1.29 is 22.4 Å². The number of nitrogens with one attached hydrogen (secondary N) is 1. The summed E-state index contributed by atoms with van der Waals surface area (Å²) in [6, 6.07) is 5.15. The van der Waals surface area contributed by atoms with Gasteiger partial charge in [-0.15, -0.1) is 0 Å². The van der Waals surface area contributed by atoms with Crippen LogP contribution >= 0.6 is 0 Å². The summed E-state index contributed by atoms with van der Waals surface area (Å²) in [6.45, 7) is 7.23. The van der Waals surface area contributed by atoms with Gasteiger partial charge in [0.15, 0.2) is 0 Å². The number of aryl methyl sites for hydroxylation is 4. The molecule has 0 saturated heterocycles. The Morgan fingerprint density at radius 2 is 1.79 bits per heavy atom. The maximum atomic E-state index is 12.5. The Kier molecular flexibility index (Phi) is 3.91. The Morgan fingerprint density at radius 1 is 1.12 bits per heavy atom. The Hall–Kier alpha value is -2.28. The topological polar surface area (TPSA) is 85.6 Å². The number of fused-ring (bicyclic) bond motifs is 1. The van der Waals surface area contributed by atoms with Crippen LogP contribution in [0.25, 0.3) is 0 Å². The molecule has 1 amide bonds. The van der Waals surface area contributed by atoms with Crippen LogP contribution in [0.3, 0.4) is 0 Å². The third-order valence-electron chi connectivity index (χ3n) is 4.24. The van der Waals surface area contributed by atoms with Crippen molar-refractivity contribution in [1.29, 1.82) is 0 Å². The van der Waals surface area contributed by atoms with E-state index in [9.17, 15) is 13.2 Å². The average Bonchev–Trinajstić information content (AvgIpc) is 3.02. The van der Waals surface area contributed by atoms with E-state index in [2.05, 4.69) is 4.72 Å². The van der Waals surface area contributed by atoms with E-state index in [0.717, 1.165) is 11.1 Å². The van der Waals surface area contributed by atoms with Crippen LogP contribution in [0.15, 0.2) is 27.5 Å². The van der Waals surface area contributed by atoms with Gasteiger partial charge >= 0.3 is 0 Å². The highest BCUT2D eigenvalue weighted by atomic mass is 32.2. The molecule has 0 aliphatic carbocycles. The summed E-state index contributed by atoms with van der Waals surface area (Å²) in [7, 11) is -3.98. The van der Waals surface area contributed by atoms with Gasteiger partial charge in [-0.05, 0) is 44.9 Å². The molecule has 0 radical (unpaired) electrons. The number of furan rings is 1. The van der Waals surface area contributed by atoms with E-state index in [0.29, 0.717) is 17.1 Å². The molecule has 24 heavy (non-hydrogen) atoms. The highest BCUT2D eigenvalue weighted by Crippen LogP contribution is 2.36. The third-order valence-corrected chi connectivity index (χ3v) is 5.70. The summed E-state index contributed by atoms with van der Waals surface area (Å²) in [4.78, 5) is 12.5. The lowest BCUT2D eigenvalue weighted by molar-refractivity contribution is -0.120. The molecule has 1 aromatic heterocycles. The van der Waals surface area contributed by atoms with E-state index in [4.69, 9.17) is 9.15 Å². The zero-order valence-electron chi connectivity index (χ0n) is 14.0. The van der Waals surface area contributed by atoms with Crippen molar-refractivity contribution in [3.63, 3.8) is 0 Å². The van der Waals surface area contributed by atoms with Crippen molar-refractivity contribution in [2.45, 2.75) is 38.5 Å². The molecule has 3 rings (SSSR count). The Morgan fingerprint density at radius 3 is 2.42 bits per heavy atom. The quantitative estimate of drug-likeness (QED) is 0.920. The molecule has 0 saturated carbocycles. The molecule has 6 nitrogen and oxygen atoms in total. The summed E-state index contributed by atoms with van der Waals surface area (Å²) in [6.07, 6.45) is 0. The molecule has 0 bridgehead atoms. The molecule has 7 heteroatoms. The molecule has 2 heterocycles. The molecule has 1 atom stereocenters. The highest BCUT2D eigenvalue weighted by Gasteiger charge is 2.34. The number of hydrogen-bond acceptors (Lipinski definition) is 5. The number of amides is 1. The second kappa shape index (κ2) is 5.66. The van der Waals surface area contributed by atoms with Crippen LogP contribution < -0.4 is 9.46 Å². The van der Waals surface area contributed by atoms with E-state index in [1.165, 1.54) is 6.07 Å². The van der Waals surface area contributed by atoms with Crippen LogP contribution in [-0.4, -0.2) is 20.9 Å². The van der Waals surface area contributed by atoms with E-state index in [1.807, 2.05) is 26.0 Å². The molecular weight excluding hydrogens is 330 g/mol. The predicted molar refractivity (Wildman–Crippen MR) is 87.7 cm³/mol. The standard InChI is InChI=1S/C17H19NO5S/c1-9-5-13-14(8-22-15(13)6-10(9)2)17(19)18-24(20,21)16-7-11(3)23-12(16)4/h5-7,14H,8H2,1-4H3,(H,18,19)/t14-/m0/s1. The van der Waals surface area contributed by atoms with Crippen molar-refractivity contribution in [3.05, 3.63) is 46.4 Å². The molecule has 0 unspecified atom stereocenters. The largest absolute Gasteiger partial charge is 0.492 e. The molecule has 1 aromatic carbocycles. The van der Waals surface area contributed by atoms with Gasteiger partial charge in [0.05, 0.1) is 0 Å². The fraction of sp³-hybridized carbons (Fsp3) is 0.353. The van der Waals surface area contributed by atoms with Gasteiger partial charge in [-0.3, -0.25) is 4.79 Å². The lowest BCUT2D eigenvalue weighted by Crippen LogP contribution is -2.35. The van der Waals surface area contributed by atoms with Gasteiger partial charge in [0, 0.05) is 11.6 Å². The predicted octanol–water partition coefficient (Wildman–Crippen LogP) is 2.49. The maximum absolute atomic E-state index is 12.5. The number of hydrogen-bond donors (Lipinski definition) is 1. The Labute approximate surface area is 140 Å². The number of carbonyl (C=O) groups excluding carboxylic acids is 1. The van der Waals surface area contributed by atoms with Gasteiger partial charge in [-0.2, -0.15) is 0 Å². The first-order valence-corrected chi connectivity index (χ1v) is 9.05. The fourth-order valence-electron chi connectivity index (χ4n) is 2.82. The summed E-state index contributed by atoms with van der Waals surface area (Å²) >= 11 is 0. The fourth-order valence-corrected chi connectivity index (χ4v) is 4.08. The molecule has 1 aliphatic heterocycles. The second-order valence-corrected chi connectivity index (χ2v) is 7.74. The van der Waals surface area contributed by atoms with Crippen molar-refractivity contribution in [2.24, 2.45) is 0 Å². The number of benzene rings is 1. The lowest BCUT2D eigenvalue weighted by Gasteiger charge is -2.11. The summed E-state index contributed by atoms with van der Waals surface area (Å²) in [5.41, 5.74) is 2.80. The van der Waals surface area contributed by atoms with Crippen molar-refractivity contribution in [1.82, 2.24) is 4.72 Å². The molecule has 128 valence electrons. The minimum absolute atomic E-state index is 0.0208. The summed E-state index contributed by atoms with van der Waals surface area (Å²) in [5.74, 6) is 0.104. The molecular formula is C17H19NO5S. The van der Waals surface area contributed by atoms with Crippen LogP contribution in [0, 0.1) is 27.7 Å². The average molecular weight is 349 g/mol. The van der Waals surface area contributed by atoms with E-state index in [1.54, 1.807) is 13.8 Å². The van der Waals surface area contributed by atoms with Crippen LogP contribution in [0.1, 0.15) is 34.1 Å². The smallest absolute Gasteiger partial charge is 0.267 e. The maximum Gasteiger partial charge on any atom is 0.267 e. The van der Waals surface area contributed by atoms with Crippen molar-refractivity contribution >= 4 is 15.9 Å². The van der Waals surface area contributed by atoms with Gasteiger partial charge in [0.1, 0.15) is 34.7 Å². The zero-order valence-corrected chi connectivity index (χ0v) is 14.8. The monoisotopic (exact) mass is 349 g/mol. The van der Waals surface area contributed by atoms with Gasteiger partial charge in [0.2, 0.25) is 5.91 Å². The molecule has 1 aliphatic rings. The first-order valence-electron chi connectivity index (χ1n) is 7.56. The lowest BCUT2D eigenvalue weighted by atomic mass is 9.97. The number of ether oxygens (including phenoxy) is 1. The van der Waals surface area contributed by atoms with Crippen LogP contribution in [0.2, 0.25) is 0 Å². The molecule has 0 fully saturated rings. The SMILES string of the molecule is Cc1cc(S(=O)(=O)NC(=O)[C@H]2COc3cc(C)c(C)cc32)c(C)o1. The number of sulfonamides is 1. The first kappa shape index (κ1) is 16.6. The van der Waals surface area contributed by atoms with Gasteiger partial charge in [0.25, 0.3) is 10.0 Å². The normalized spacial score (nSPS) is 16.6. The molecule has 2 aromatic rings. The van der Waals surface area contributed by atoms with Gasteiger partial charge in [-0.25, -0.2) is 13.1 Å².